The Kier molecular flexibility index (Phi) is 4.26. The fourth-order valence-corrected chi connectivity index (χ4v) is 2.10. The van der Waals surface area contributed by atoms with Gasteiger partial charge in [-0.15, -0.1) is 0 Å². The molecule has 0 saturated heterocycles. The van der Waals surface area contributed by atoms with Gasteiger partial charge in [-0.3, -0.25) is 4.79 Å². The van der Waals surface area contributed by atoms with E-state index in [2.05, 4.69) is 9.97 Å². The van der Waals surface area contributed by atoms with E-state index < -0.39 is 4.93 Å². The van der Waals surface area contributed by atoms with E-state index in [1.807, 2.05) is 0 Å². The maximum atomic E-state index is 11.9. The quantitative estimate of drug-likeness (QED) is 0.447. The lowest BCUT2D eigenvalue weighted by Gasteiger charge is -2.28. The number of amides is 1. The van der Waals surface area contributed by atoms with Crippen LogP contribution < -0.4 is 0 Å². The first-order valence-electron chi connectivity index (χ1n) is 4.71. The van der Waals surface area contributed by atoms with Crippen LogP contribution in [0.3, 0.4) is 0 Å². The number of thioether (sulfide) groups is 1. The summed E-state index contributed by atoms with van der Waals surface area (Å²) in [6, 6.07) is 1.74. The highest BCUT2D eigenvalue weighted by Gasteiger charge is 2.36. The number of likely N-dealkylation sites (N-methyl/N-ethyl adjacent to an activating group) is 1. The van der Waals surface area contributed by atoms with Crippen molar-refractivity contribution in [2.45, 2.75) is 16.9 Å². The number of nitrogens with zero attached hydrogens (tertiary/aromatic N) is 3. The third-order valence-electron chi connectivity index (χ3n) is 2.04. The number of carbonyl (C=O) groups is 1. The van der Waals surface area contributed by atoms with Crippen molar-refractivity contribution in [3.63, 3.8) is 0 Å². The van der Waals surface area contributed by atoms with E-state index >= 15 is 0 Å². The molecule has 0 aromatic carbocycles. The molecule has 1 aromatic heterocycles. The van der Waals surface area contributed by atoms with Gasteiger partial charge in [0.2, 0.25) is 0 Å². The Morgan fingerprint density at radius 2 is 2.25 bits per heavy atom. The molecule has 0 N–H and O–H groups in total. The normalized spacial score (nSPS) is 14.2. The van der Waals surface area contributed by atoms with Crippen molar-refractivity contribution in [3.05, 3.63) is 18.6 Å². The highest BCUT2D eigenvalue weighted by molar-refractivity contribution is 8.01. The van der Waals surface area contributed by atoms with E-state index in [-0.39, 0.29) is 5.91 Å². The average Bonchev–Trinajstić information content (AvgIpc) is 2.29. The van der Waals surface area contributed by atoms with Crippen LogP contribution in [0.2, 0.25) is 0 Å². The fraction of sp³-hybridized carbons (Fsp3) is 0.500. The van der Waals surface area contributed by atoms with Crippen LogP contribution in [-0.2, 0) is 9.53 Å². The first-order valence-corrected chi connectivity index (χ1v) is 5.53. The summed E-state index contributed by atoms with van der Waals surface area (Å²) in [6.45, 7) is 1.72. The summed E-state index contributed by atoms with van der Waals surface area (Å²) in [4.78, 5) is 20.3. The fourth-order valence-electron chi connectivity index (χ4n) is 1.12. The van der Waals surface area contributed by atoms with Gasteiger partial charge in [-0.1, -0.05) is 11.8 Å². The number of methoxy groups -OCH3 is 1. The molecule has 1 heterocycles. The highest BCUT2D eigenvalue weighted by atomic mass is 32.2. The lowest BCUT2D eigenvalue weighted by Crippen LogP contribution is -2.42. The summed E-state index contributed by atoms with van der Waals surface area (Å²) in [5.41, 5.74) is 0. The monoisotopic (exact) mass is 241 g/mol. The van der Waals surface area contributed by atoms with Gasteiger partial charge in [0.05, 0.1) is 0 Å². The van der Waals surface area contributed by atoms with Crippen LogP contribution in [0.4, 0.5) is 0 Å². The first kappa shape index (κ1) is 12.9. The Morgan fingerprint density at radius 3 is 2.69 bits per heavy atom. The number of rotatable bonds is 4. The largest absolute Gasteiger partial charge is 0.358 e. The molecule has 0 saturated carbocycles. The summed E-state index contributed by atoms with van der Waals surface area (Å²) >= 11 is 1.26. The van der Waals surface area contributed by atoms with Gasteiger partial charge in [-0.25, -0.2) is 9.97 Å². The van der Waals surface area contributed by atoms with Crippen LogP contribution >= 0.6 is 11.8 Å². The molecule has 6 heteroatoms. The lowest BCUT2D eigenvalue weighted by molar-refractivity contribution is -0.141. The maximum absolute atomic E-state index is 11.9. The van der Waals surface area contributed by atoms with Crippen LogP contribution in [0.25, 0.3) is 0 Å². The summed E-state index contributed by atoms with van der Waals surface area (Å²) in [5, 5.41) is 0.703. The molecule has 0 aliphatic heterocycles. The Balaban J connectivity index is 2.86. The molecule has 1 unspecified atom stereocenters. The molecule has 5 nitrogen and oxygen atoms in total. The number of hydrogen-bond acceptors (Lipinski definition) is 5. The minimum Gasteiger partial charge on any atom is -0.358 e. The van der Waals surface area contributed by atoms with Crippen LogP contribution in [0.1, 0.15) is 6.92 Å². The number of ether oxygens (including phenoxy) is 1. The van der Waals surface area contributed by atoms with Crippen molar-refractivity contribution < 1.29 is 9.53 Å². The SMILES string of the molecule is COC(C)(Sc1ccncn1)C(=O)N(C)C. The zero-order chi connectivity index (χ0) is 12.2. The zero-order valence-corrected chi connectivity index (χ0v) is 10.6. The summed E-state index contributed by atoms with van der Waals surface area (Å²) < 4.78 is 5.28. The van der Waals surface area contributed by atoms with E-state index in [0.717, 1.165) is 0 Å². The van der Waals surface area contributed by atoms with Gasteiger partial charge in [0.1, 0.15) is 11.4 Å². The molecule has 1 rings (SSSR count). The van der Waals surface area contributed by atoms with Gasteiger partial charge in [-0.2, -0.15) is 0 Å². The van der Waals surface area contributed by atoms with Crippen molar-refractivity contribution in [2.24, 2.45) is 0 Å². The lowest BCUT2D eigenvalue weighted by atomic mass is 10.3. The van der Waals surface area contributed by atoms with Crippen molar-refractivity contribution in [1.82, 2.24) is 14.9 Å². The minimum atomic E-state index is -0.960. The molecule has 0 aliphatic rings. The third-order valence-corrected chi connectivity index (χ3v) is 3.22. The smallest absolute Gasteiger partial charge is 0.264 e. The Bertz CT molecular complexity index is 358. The van der Waals surface area contributed by atoms with Crippen LogP contribution in [0, 0.1) is 0 Å². The van der Waals surface area contributed by atoms with Crippen molar-refractivity contribution in [2.75, 3.05) is 21.2 Å². The summed E-state index contributed by atoms with van der Waals surface area (Å²) in [7, 11) is 4.90. The first-order chi connectivity index (χ1) is 7.49. The molecule has 88 valence electrons. The van der Waals surface area contributed by atoms with Gasteiger partial charge < -0.3 is 9.64 Å². The molecule has 1 amide bonds. The van der Waals surface area contributed by atoms with E-state index in [1.54, 1.807) is 33.3 Å². The predicted octanol–water partition coefficient (Wildman–Crippen LogP) is 1.02. The maximum Gasteiger partial charge on any atom is 0.264 e. The molecular formula is C10H15N3O2S. The van der Waals surface area contributed by atoms with Crippen molar-refractivity contribution >= 4 is 17.7 Å². The predicted molar refractivity (Wildman–Crippen MR) is 62.0 cm³/mol. The standard InChI is InChI=1S/C10H15N3O2S/c1-10(15-4,9(14)13(2)3)16-8-5-6-11-7-12-8/h5-7H,1-4H3. The number of carbonyl (C=O) groups excluding carboxylic acids is 1. The van der Waals surface area contributed by atoms with Gasteiger partial charge >= 0.3 is 0 Å². The Hall–Kier alpha value is -1.14. The molecule has 1 aromatic rings. The molecule has 0 aliphatic carbocycles. The van der Waals surface area contributed by atoms with Crippen LogP contribution in [-0.4, -0.2) is 46.9 Å². The van der Waals surface area contributed by atoms with Crippen LogP contribution in [0.5, 0.6) is 0 Å². The highest BCUT2D eigenvalue weighted by Crippen LogP contribution is 2.32. The van der Waals surface area contributed by atoms with Crippen molar-refractivity contribution in [1.29, 1.82) is 0 Å². The van der Waals surface area contributed by atoms with Gasteiger partial charge in [-0.05, 0) is 13.0 Å². The Labute approximate surface area is 99.2 Å². The second kappa shape index (κ2) is 5.27. The molecule has 0 bridgehead atoms. The summed E-state index contributed by atoms with van der Waals surface area (Å²) in [5.74, 6) is -0.112. The second-order valence-corrected chi connectivity index (χ2v) is 4.90. The molecule has 16 heavy (non-hydrogen) atoms. The Morgan fingerprint density at radius 1 is 1.56 bits per heavy atom. The van der Waals surface area contributed by atoms with E-state index in [4.69, 9.17) is 4.74 Å². The molecule has 0 fully saturated rings. The number of aromatic nitrogens is 2. The molecule has 1 atom stereocenters. The second-order valence-electron chi connectivity index (χ2n) is 3.50. The average molecular weight is 241 g/mol. The number of hydrogen-bond donors (Lipinski definition) is 0. The zero-order valence-electron chi connectivity index (χ0n) is 9.80. The third kappa shape index (κ3) is 2.93. The van der Waals surface area contributed by atoms with Crippen LogP contribution in [0.15, 0.2) is 23.6 Å². The van der Waals surface area contributed by atoms with Crippen molar-refractivity contribution in [3.8, 4) is 0 Å². The van der Waals surface area contributed by atoms with E-state index in [9.17, 15) is 4.79 Å². The molecule has 0 radical (unpaired) electrons. The minimum absolute atomic E-state index is 0.112. The molecule has 0 spiro atoms. The van der Waals surface area contributed by atoms with E-state index in [0.29, 0.717) is 5.03 Å². The topological polar surface area (TPSA) is 55.3 Å². The van der Waals surface area contributed by atoms with Gasteiger partial charge in [0, 0.05) is 27.4 Å². The van der Waals surface area contributed by atoms with Gasteiger partial charge in [0.15, 0.2) is 4.93 Å². The van der Waals surface area contributed by atoms with E-state index in [1.165, 1.54) is 30.1 Å². The molecular weight excluding hydrogens is 226 g/mol. The summed E-state index contributed by atoms with van der Waals surface area (Å²) in [6.07, 6.45) is 3.07. The van der Waals surface area contributed by atoms with Gasteiger partial charge in [0.25, 0.3) is 5.91 Å².